The van der Waals surface area contributed by atoms with E-state index in [0.717, 1.165) is 36.5 Å². The molecule has 2 saturated carbocycles. The molecule has 116 valence electrons. The molecule has 4 rings (SSSR count). The van der Waals surface area contributed by atoms with Gasteiger partial charge in [-0.1, -0.05) is 26.8 Å². The molecule has 0 radical (unpaired) electrons. The third-order valence-electron chi connectivity index (χ3n) is 8.08. The summed E-state index contributed by atoms with van der Waals surface area (Å²) in [7, 11) is 0. The molecule has 1 N–H and O–H groups in total. The van der Waals surface area contributed by atoms with E-state index in [0.29, 0.717) is 5.41 Å². The number of carbonyl (C=O) groups excluding carboxylic acids is 1. The molecule has 4 aliphatic rings. The highest BCUT2D eigenvalue weighted by molar-refractivity contribution is 5.79. The highest BCUT2D eigenvalue weighted by Gasteiger charge is 2.57. The second-order valence-electron chi connectivity index (χ2n) is 8.72. The first kappa shape index (κ1) is 13.8. The fourth-order valence-electron chi connectivity index (χ4n) is 6.46. The minimum Gasteiger partial charge on any atom is -0.330 e. The van der Waals surface area contributed by atoms with E-state index in [1.807, 2.05) is 0 Å². The molecule has 1 amide bonds. The van der Waals surface area contributed by atoms with Crippen LogP contribution in [0, 0.1) is 34.5 Å². The minimum absolute atomic E-state index is 0.229. The topological polar surface area (TPSA) is 29.1 Å². The Kier molecular flexibility index (Phi) is 2.88. The normalized spacial score (nSPS) is 52.3. The maximum absolute atomic E-state index is 11.7. The molecule has 1 aliphatic heterocycles. The largest absolute Gasteiger partial charge is 0.330 e. The molecule has 1 heterocycles. The number of nitrogens with one attached hydrogen (secondary N) is 1. The zero-order valence-electron chi connectivity index (χ0n) is 13.7. The molecule has 3 fully saturated rings. The lowest BCUT2D eigenvalue weighted by Gasteiger charge is -2.57. The van der Waals surface area contributed by atoms with Crippen molar-refractivity contribution < 1.29 is 4.79 Å². The molecule has 21 heavy (non-hydrogen) atoms. The molecule has 0 bridgehead atoms. The average molecular weight is 287 g/mol. The molecule has 0 aromatic heterocycles. The maximum atomic E-state index is 11.7. The number of amides is 1. The molecule has 2 nitrogen and oxygen atoms in total. The summed E-state index contributed by atoms with van der Waals surface area (Å²) in [5, 5.41) is 3.19. The van der Waals surface area contributed by atoms with E-state index in [-0.39, 0.29) is 11.3 Å². The second-order valence-corrected chi connectivity index (χ2v) is 8.72. The van der Waals surface area contributed by atoms with Crippen LogP contribution in [0.4, 0.5) is 0 Å². The third-order valence-corrected chi connectivity index (χ3v) is 8.08. The van der Waals surface area contributed by atoms with Gasteiger partial charge in [-0.15, -0.1) is 0 Å². The van der Waals surface area contributed by atoms with Gasteiger partial charge in [0.25, 0.3) is 0 Å². The first-order valence-electron chi connectivity index (χ1n) is 8.95. The van der Waals surface area contributed by atoms with Gasteiger partial charge >= 0.3 is 0 Å². The van der Waals surface area contributed by atoms with E-state index in [9.17, 15) is 4.79 Å². The van der Waals surface area contributed by atoms with E-state index in [1.165, 1.54) is 37.8 Å². The minimum atomic E-state index is 0.229. The summed E-state index contributed by atoms with van der Waals surface area (Å²) in [6, 6.07) is 0. The van der Waals surface area contributed by atoms with Crippen molar-refractivity contribution in [2.24, 2.45) is 34.5 Å². The monoisotopic (exact) mass is 287 g/mol. The molecule has 1 saturated heterocycles. The zero-order chi connectivity index (χ0) is 14.8. The molecule has 2 heteroatoms. The van der Waals surface area contributed by atoms with Crippen LogP contribution in [0.15, 0.2) is 11.8 Å². The Balaban J connectivity index is 1.69. The van der Waals surface area contributed by atoms with Crippen molar-refractivity contribution in [2.45, 2.75) is 65.7 Å². The Morgan fingerprint density at radius 2 is 1.95 bits per heavy atom. The van der Waals surface area contributed by atoms with Crippen LogP contribution in [-0.4, -0.2) is 5.91 Å². The summed E-state index contributed by atoms with van der Waals surface area (Å²) < 4.78 is 0. The van der Waals surface area contributed by atoms with Gasteiger partial charge in [0, 0.05) is 17.5 Å². The third kappa shape index (κ3) is 1.74. The Morgan fingerprint density at radius 1 is 1.14 bits per heavy atom. The molecule has 0 aromatic rings. The van der Waals surface area contributed by atoms with E-state index in [4.69, 9.17) is 0 Å². The van der Waals surface area contributed by atoms with E-state index < -0.39 is 0 Å². The van der Waals surface area contributed by atoms with Crippen molar-refractivity contribution in [3.05, 3.63) is 11.8 Å². The van der Waals surface area contributed by atoms with Crippen LogP contribution < -0.4 is 5.32 Å². The fraction of sp³-hybridized carbons (Fsp3) is 0.842. The van der Waals surface area contributed by atoms with Crippen molar-refractivity contribution in [1.82, 2.24) is 5.32 Å². The number of hydrogen-bond acceptors (Lipinski definition) is 1. The lowest BCUT2D eigenvalue weighted by Crippen LogP contribution is -2.53. The zero-order valence-corrected chi connectivity index (χ0v) is 13.7. The molecule has 6 atom stereocenters. The molecule has 0 spiro atoms. The Hall–Kier alpha value is -0.790. The van der Waals surface area contributed by atoms with Crippen LogP contribution in [0.2, 0.25) is 0 Å². The van der Waals surface area contributed by atoms with E-state index in [2.05, 4.69) is 32.2 Å². The van der Waals surface area contributed by atoms with Crippen LogP contribution in [0.3, 0.4) is 0 Å². The van der Waals surface area contributed by atoms with Crippen LogP contribution in [0.5, 0.6) is 0 Å². The summed E-state index contributed by atoms with van der Waals surface area (Å²) in [6.45, 7) is 7.47. The average Bonchev–Trinajstić information content (AvgIpc) is 2.76. The number of hydrogen-bond donors (Lipinski definition) is 1. The summed E-state index contributed by atoms with van der Waals surface area (Å²) in [6.07, 6.45) is 11.0. The molecular weight excluding hydrogens is 258 g/mol. The lowest BCUT2D eigenvalue weighted by molar-refractivity contribution is -0.125. The summed E-state index contributed by atoms with van der Waals surface area (Å²) in [5.41, 5.74) is 2.08. The van der Waals surface area contributed by atoms with Crippen LogP contribution in [0.25, 0.3) is 0 Å². The number of allylic oxidation sites excluding steroid dienone is 2. The highest BCUT2D eigenvalue weighted by atomic mass is 16.1. The van der Waals surface area contributed by atoms with Gasteiger partial charge in [-0.3, -0.25) is 4.79 Å². The van der Waals surface area contributed by atoms with Crippen LogP contribution in [0.1, 0.15) is 65.7 Å². The molecule has 3 aliphatic carbocycles. The molecule has 6 unspecified atom stereocenters. The Labute approximate surface area is 128 Å². The van der Waals surface area contributed by atoms with Crippen molar-refractivity contribution in [1.29, 1.82) is 0 Å². The Bertz CT molecular complexity index is 510. The predicted molar refractivity (Wildman–Crippen MR) is 84.4 cm³/mol. The van der Waals surface area contributed by atoms with Crippen molar-refractivity contribution in [3.8, 4) is 0 Å². The molecular formula is C19H29NO. The van der Waals surface area contributed by atoms with Gasteiger partial charge in [-0.2, -0.15) is 0 Å². The van der Waals surface area contributed by atoms with E-state index >= 15 is 0 Å². The first-order chi connectivity index (χ1) is 9.95. The summed E-state index contributed by atoms with van der Waals surface area (Å²) in [5.74, 6) is 3.69. The summed E-state index contributed by atoms with van der Waals surface area (Å²) in [4.78, 5) is 11.7. The Morgan fingerprint density at radius 3 is 2.76 bits per heavy atom. The van der Waals surface area contributed by atoms with Gasteiger partial charge in [0.1, 0.15) is 0 Å². The predicted octanol–water partition coefficient (Wildman–Crippen LogP) is 4.27. The van der Waals surface area contributed by atoms with Gasteiger partial charge in [0.2, 0.25) is 5.91 Å². The SMILES string of the molecule is CC1CCC2C3CC=C4NC(=O)CCC4(C)C3CCC12C. The number of fused-ring (bicyclic) bond motifs is 5. The fourth-order valence-corrected chi connectivity index (χ4v) is 6.46. The smallest absolute Gasteiger partial charge is 0.224 e. The van der Waals surface area contributed by atoms with Gasteiger partial charge in [0.05, 0.1) is 0 Å². The van der Waals surface area contributed by atoms with Gasteiger partial charge < -0.3 is 5.32 Å². The van der Waals surface area contributed by atoms with Crippen LogP contribution in [-0.2, 0) is 4.79 Å². The van der Waals surface area contributed by atoms with Crippen LogP contribution >= 0.6 is 0 Å². The van der Waals surface area contributed by atoms with Gasteiger partial charge in [0.15, 0.2) is 0 Å². The highest BCUT2D eigenvalue weighted by Crippen LogP contribution is 2.65. The first-order valence-corrected chi connectivity index (χ1v) is 8.95. The molecule has 0 aromatic carbocycles. The summed E-state index contributed by atoms with van der Waals surface area (Å²) >= 11 is 0. The van der Waals surface area contributed by atoms with E-state index in [1.54, 1.807) is 0 Å². The van der Waals surface area contributed by atoms with Crippen molar-refractivity contribution in [3.63, 3.8) is 0 Å². The number of piperidine rings is 1. The number of carbonyl (C=O) groups is 1. The van der Waals surface area contributed by atoms with Gasteiger partial charge in [-0.05, 0) is 67.6 Å². The van der Waals surface area contributed by atoms with Crippen molar-refractivity contribution in [2.75, 3.05) is 0 Å². The maximum Gasteiger partial charge on any atom is 0.224 e. The quantitative estimate of drug-likeness (QED) is 0.708. The number of rotatable bonds is 0. The second kappa shape index (κ2) is 4.36. The van der Waals surface area contributed by atoms with Crippen molar-refractivity contribution >= 4 is 5.91 Å². The van der Waals surface area contributed by atoms with Gasteiger partial charge in [-0.25, -0.2) is 0 Å². The standard InChI is InChI=1S/C19H29NO/c1-12-4-6-14-13-5-7-16-19(3,11-9-17(21)20-16)15(13)8-10-18(12,14)2/h7,12-15H,4-6,8-11H2,1-3H3,(H,20,21). The lowest BCUT2D eigenvalue weighted by atomic mass is 9.49.